The molecule has 9 heterocycles. The standard InChI is InChI=1S/C33H28N6O.C28H20N4OS.C27H19N5O.C25H21N5O3/c34-33-36-30(23-10-5-2-6-11-23)29-31(37-33)28-25(12-7-13-26(28)32(29)40)24-14-15-27(35-20-24)39-18-16-38(17-19-39)21-22-8-3-1-4-9-22;1-15-11-13-17(14-12-15)23-22-24(32-28(29)31-23)21-19(25(22)33)9-6-10-20(21)26-16(2)30-27(34-26)18-7-4-3-5-8-18;1-16-21(15-29-32(16)18-11-6-3-7-12-18)19-13-8-14-20-22(19)25-23(26(20)33)24(30-27(28)31-25)17-9-4-2-5-10-17;1-3-33-19(31)13-30-12-16(11-27-30)17-5-4-6-18-20(17)23-21(24(18)32)22(28-25(26)29-23)15-9-7-14(2)8-10-15/h1-15,20H,16-19,21H2,(H2,34,36,37);3-14H,1-2H3,(H2,29,31,32);2-15H,1H3,(H2,28,30,31);4-12H,3,13H2,1-2H3,(H2,26,28,29). The summed E-state index contributed by atoms with van der Waals surface area (Å²) in [5, 5.41) is 9.84. The molecule has 24 rings (SSSR count). The number of thiazole rings is 1. The lowest BCUT2D eigenvalue weighted by molar-refractivity contribution is -0.144. The molecule has 1 fully saturated rings. The number of ketones is 4. The van der Waals surface area contributed by atoms with Crippen LogP contribution in [0.4, 0.5) is 29.6 Å². The average molecular weight is 1850 g/mol. The van der Waals surface area contributed by atoms with E-state index in [9.17, 15) is 24.0 Å². The lowest BCUT2D eigenvalue weighted by Gasteiger charge is -2.35. The minimum absolute atomic E-state index is 0.00503. The van der Waals surface area contributed by atoms with Gasteiger partial charge in [0.25, 0.3) is 0 Å². The van der Waals surface area contributed by atoms with Crippen molar-refractivity contribution in [1.82, 2.24) is 74.3 Å². The van der Waals surface area contributed by atoms with E-state index in [4.69, 9.17) is 37.6 Å². The number of rotatable bonds is 16. The van der Waals surface area contributed by atoms with Crippen LogP contribution in [0.3, 0.4) is 0 Å². The number of nitrogens with zero attached hydrogens (tertiary/aromatic N) is 16. The van der Waals surface area contributed by atoms with Crippen LogP contribution in [0.1, 0.15) is 98.7 Å². The van der Waals surface area contributed by atoms with E-state index in [1.54, 1.807) is 36.7 Å². The quantitative estimate of drug-likeness (QED) is 0.0653. The molecular weight excluding hydrogens is 1770 g/mol. The summed E-state index contributed by atoms with van der Waals surface area (Å²) in [6, 6.07) is 92.7. The Morgan fingerprint density at radius 3 is 1.19 bits per heavy atom. The number of aromatic nitrogens is 14. The molecule has 682 valence electrons. The second-order valence-corrected chi connectivity index (χ2v) is 35.4. The van der Waals surface area contributed by atoms with Gasteiger partial charge in [-0.2, -0.15) is 10.2 Å². The van der Waals surface area contributed by atoms with E-state index in [1.165, 1.54) is 10.2 Å². The molecule has 0 saturated carbocycles. The molecule has 19 aromatic rings. The summed E-state index contributed by atoms with van der Waals surface area (Å²) >= 11 is 1.62. The largest absolute Gasteiger partial charge is 0.465 e. The summed E-state index contributed by atoms with van der Waals surface area (Å²) in [4.78, 5) is 117. The molecular formula is C113H88N20O6S. The number of carbonyl (C=O) groups excluding carboxylic acids is 5. The van der Waals surface area contributed by atoms with Crippen molar-refractivity contribution in [3.05, 3.63) is 382 Å². The van der Waals surface area contributed by atoms with Gasteiger partial charge in [0.1, 0.15) is 17.4 Å². The van der Waals surface area contributed by atoms with E-state index in [2.05, 4.69) is 114 Å². The highest BCUT2D eigenvalue weighted by molar-refractivity contribution is 7.18. The number of aryl methyl sites for hydroxylation is 3. The predicted molar refractivity (Wildman–Crippen MR) is 546 cm³/mol. The Kier molecular flexibility index (Phi) is 23.7. The van der Waals surface area contributed by atoms with Gasteiger partial charge in [0, 0.05) is 145 Å². The number of pyridine rings is 1. The second kappa shape index (κ2) is 37.4. The number of esters is 1. The van der Waals surface area contributed by atoms with Crippen molar-refractivity contribution in [1.29, 1.82) is 0 Å². The van der Waals surface area contributed by atoms with Crippen LogP contribution in [0.2, 0.25) is 0 Å². The van der Waals surface area contributed by atoms with E-state index in [1.807, 2.05) is 269 Å². The zero-order chi connectivity index (χ0) is 96.1. The molecule has 0 unspecified atom stereocenters. The zero-order valence-corrected chi connectivity index (χ0v) is 77.5. The summed E-state index contributed by atoms with van der Waals surface area (Å²) in [5.41, 5.74) is 53.3. The topological polar surface area (TPSA) is 370 Å². The SMILES string of the molecule is CCOC(=O)Cn1cc(-c2cccc3c2-c2nc(N)nc(-c4ccc(C)cc4)c2C3=O)cn1.Cc1c(-c2cccc3c2-c2nc(N)nc(-c4ccccc4)c2C3=O)cnn1-c1ccccc1.Cc1ccc(-c2nc(N)nc3c2C(=O)c2cccc(-c4sc(-c5ccccc5)nc4C)c2-3)cc1.Nc1nc(-c2ccccc2)c2c(n1)-c1c(cccc1-c1ccc(N3CCN(Cc4ccccc4)CC3)nc1)C2=O. The number of benzene rings is 11. The fourth-order valence-corrected chi connectivity index (χ4v) is 20.0. The van der Waals surface area contributed by atoms with Gasteiger partial charge in [-0.3, -0.25) is 33.6 Å². The van der Waals surface area contributed by atoms with Crippen molar-refractivity contribution in [2.75, 3.05) is 60.6 Å². The smallest absolute Gasteiger partial charge is 0.327 e. The monoisotopic (exact) mass is 1850 g/mol. The highest BCUT2D eigenvalue weighted by Gasteiger charge is 2.41. The number of carbonyl (C=O) groups is 5. The Morgan fingerprint density at radius 2 is 0.736 bits per heavy atom. The van der Waals surface area contributed by atoms with Gasteiger partial charge in [-0.25, -0.2) is 54.5 Å². The van der Waals surface area contributed by atoms with Crippen LogP contribution in [0, 0.1) is 27.7 Å². The molecule has 0 spiro atoms. The highest BCUT2D eigenvalue weighted by atomic mass is 32.1. The van der Waals surface area contributed by atoms with Crippen LogP contribution in [0.25, 0.3) is 150 Å². The molecule has 0 atom stereocenters. The molecule has 0 amide bonds. The third kappa shape index (κ3) is 16.7. The maximum absolute atomic E-state index is 13.6. The number of piperazine rings is 1. The summed E-state index contributed by atoms with van der Waals surface area (Å²) in [5.74, 6) is 0.738. The van der Waals surface area contributed by atoms with Gasteiger partial charge in [-0.15, -0.1) is 11.3 Å². The van der Waals surface area contributed by atoms with Gasteiger partial charge in [0.05, 0.1) is 103 Å². The summed E-state index contributed by atoms with van der Waals surface area (Å²) < 4.78 is 8.41. The average Bonchev–Trinajstić information content (AvgIpc) is 1.58. The van der Waals surface area contributed by atoms with Gasteiger partial charge in [-0.05, 0) is 81.1 Å². The summed E-state index contributed by atoms with van der Waals surface area (Å²) in [6.07, 6.45) is 7.14. The van der Waals surface area contributed by atoms with E-state index in [-0.39, 0.29) is 59.4 Å². The molecule has 5 aliphatic rings. The van der Waals surface area contributed by atoms with Crippen molar-refractivity contribution < 1.29 is 28.7 Å². The molecule has 8 aromatic heterocycles. The van der Waals surface area contributed by atoms with E-state index < -0.39 is 0 Å². The molecule has 4 aliphatic carbocycles. The van der Waals surface area contributed by atoms with Crippen molar-refractivity contribution in [2.24, 2.45) is 0 Å². The van der Waals surface area contributed by atoms with Gasteiger partial charge in [0.2, 0.25) is 23.8 Å². The number of hydrogen-bond acceptors (Lipinski definition) is 25. The van der Waals surface area contributed by atoms with Crippen molar-refractivity contribution in [3.63, 3.8) is 0 Å². The first-order chi connectivity index (χ1) is 68.2. The van der Waals surface area contributed by atoms with Crippen LogP contribution >= 0.6 is 11.3 Å². The van der Waals surface area contributed by atoms with Crippen molar-refractivity contribution in [3.8, 4) is 150 Å². The van der Waals surface area contributed by atoms with Crippen LogP contribution in [0.15, 0.2) is 310 Å². The number of ether oxygens (including phenoxy) is 1. The molecule has 0 bridgehead atoms. The Labute approximate surface area is 809 Å². The Bertz CT molecular complexity index is 8130. The molecule has 8 N–H and O–H groups in total. The number of fused-ring (bicyclic) bond motifs is 12. The zero-order valence-electron chi connectivity index (χ0n) is 76.7. The number of para-hydroxylation sites is 1. The minimum atomic E-state index is -0.366. The van der Waals surface area contributed by atoms with Crippen molar-refractivity contribution in [2.45, 2.75) is 47.7 Å². The number of nitrogen functional groups attached to an aromatic ring is 4. The van der Waals surface area contributed by atoms with Crippen LogP contribution in [-0.2, 0) is 22.6 Å². The van der Waals surface area contributed by atoms with Crippen LogP contribution < -0.4 is 27.8 Å². The van der Waals surface area contributed by atoms with Crippen molar-refractivity contribution >= 4 is 70.1 Å². The first-order valence-electron chi connectivity index (χ1n) is 45.7. The molecule has 0 radical (unpaired) electrons. The van der Waals surface area contributed by atoms with E-state index in [0.29, 0.717) is 102 Å². The van der Waals surface area contributed by atoms with Crippen LogP contribution in [0.5, 0.6) is 0 Å². The third-order valence-electron chi connectivity index (χ3n) is 25.4. The first-order valence-corrected chi connectivity index (χ1v) is 46.5. The molecule has 140 heavy (non-hydrogen) atoms. The van der Waals surface area contributed by atoms with Gasteiger partial charge < -0.3 is 32.6 Å². The van der Waals surface area contributed by atoms with Crippen LogP contribution in [-0.4, -0.2) is 136 Å². The Balaban J connectivity index is 0.000000111. The van der Waals surface area contributed by atoms with Gasteiger partial charge >= 0.3 is 5.97 Å². The molecule has 1 aliphatic heterocycles. The minimum Gasteiger partial charge on any atom is -0.465 e. The normalized spacial score (nSPS) is 12.7. The molecule has 27 heteroatoms. The first kappa shape index (κ1) is 88.6. The lowest BCUT2D eigenvalue weighted by Crippen LogP contribution is -2.46. The number of anilines is 5. The van der Waals surface area contributed by atoms with E-state index >= 15 is 0 Å². The molecule has 1 saturated heterocycles. The molecule has 11 aromatic carbocycles. The lowest BCUT2D eigenvalue weighted by atomic mass is 9.96. The second-order valence-electron chi connectivity index (χ2n) is 34.4. The summed E-state index contributed by atoms with van der Waals surface area (Å²) in [6.45, 7) is 14.9. The number of nitrogens with two attached hydrogens (primary N) is 4. The number of hydrogen-bond donors (Lipinski definition) is 4. The fraction of sp³-hybridized carbons (Fsp3) is 0.106. The predicted octanol–water partition coefficient (Wildman–Crippen LogP) is 20.4. The third-order valence-corrected chi connectivity index (χ3v) is 26.7. The Morgan fingerprint density at radius 1 is 0.350 bits per heavy atom. The Hall–Kier alpha value is -18.0. The van der Waals surface area contributed by atoms with Gasteiger partial charge in [-0.1, -0.05) is 272 Å². The highest BCUT2D eigenvalue weighted by Crippen LogP contribution is 2.52. The fourth-order valence-electron chi connectivity index (χ4n) is 18.9. The van der Waals surface area contributed by atoms with Gasteiger partial charge in [0.15, 0.2) is 23.1 Å². The summed E-state index contributed by atoms with van der Waals surface area (Å²) in [7, 11) is 0. The van der Waals surface area contributed by atoms with E-state index in [0.717, 1.165) is 160 Å². The maximum atomic E-state index is 13.6. The maximum Gasteiger partial charge on any atom is 0.327 e. The molecule has 26 nitrogen and oxygen atoms in total.